The molecule has 0 saturated carbocycles. The molecule has 7 heteroatoms. The Morgan fingerprint density at radius 3 is 2.81 bits per heavy atom. The van der Waals surface area contributed by atoms with Crippen LogP contribution in [-0.4, -0.2) is 16.6 Å². The number of amides is 1. The second-order valence-corrected chi connectivity index (χ2v) is 5.29. The highest BCUT2D eigenvalue weighted by Crippen LogP contribution is 2.34. The summed E-state index contributed by atoms with van der Waals surface area (Å²) in [5.74, 6) is -0.732. The fourth-order valence-corrected chi connectivity index (χ4v) is 2.69. The Kier molecular flexibility index (Phi) is 3.11. The fraction of sp³-hybridized carbons (Fsp3) is 0. The lowest BCUT2D eigenvalue weighted by Crippen LogP contribution is -2.05. The quantitative estimate of drug-likeness (QED) is 0.408. The number of nitro groups is 1. The number of hydrogen-bond acceptors (Lipinski definition) is 5. The summed E-state index contributed by atoms with van der Waals surface area (Å²) in [6, 6.07) is 7.46. The number of carbonyl (C=O) groups excluding carboxylic acids is 2. The molecule has 1 aromatic heterocycles. The predicted octanol–water partition coefficient (Wildman–Crippen LogP) is 2.87. The molecule has 21 heavy (non-hydrogen) atoms. The van der Waals surface area contributed by atoms with Gasteiger partial charge in [0, 0.05) is 29.5 Å². The number of nitro benzene ring substituents is 1. The molecule has 0 bridgehead atoms. The maximum absolute atomic E-state index is 12.1. The largest absolute Gasteiger partial charge is 0.321 e. The van der Waals surface area contributed by atoms with Crippen LogP contribution in [0.25, 0.3) is 5.57 Å². The maximum atomic E-state index is 12.1. The van der Waals surface area contributed by atoms with E-state index in [1.165, 1.54) is 35.6 Å². The van der Waals surface area contributed by atoms with Crippen molar-refractivity contribution in [2.45, 2.75) is 0 Å². The van der Waals surface area contributed by atoms with E-state index in [0.29, 0.717) is 16.1 Å². The van der Waals surface area contributed by atoms with Crippen molar-refractivity contribution in [2.75, 3.05) is 5.32 Å². The summed E-state index contributed by atoms with van der Waals surface area (Å²) in [6.07, 6.45) is 1.22. The normalized spacial score (nSPS) is 14.9. The van der Waals surface area contributed by atoms with E-state index in [0.717, 1.165) is 0 Å². The third kappa shape index (κ3) is 2.34. The maximum Gasteiger partial charge on any atom is 0.270 e. The second kappa shape index (κ2) is 4.95. The average molecular weight is 300 g/mol. The number of fused-ring (bicyclic) bond motifs is 1. The van der Waals surface area contributed by atoms with Crippen LogP contribution in [0.1, 0.15) is 15.2 Å². The van der Waals surface area contributed by atoms with E-state index in [1.807, 2.05) is 0 Å². The van der Waals surface area contributed by atoms with Crippen LogP contribution in [0, 0.1) is 10.1 Å². The first-order valence-electron chi connectivity index (χ1n) is 5.96. The van der Waals surface area contributed by atoms with Gasteiger partial charge in [-0.15, -0.1) is 11.3 Å². The van der Waals surface area contributed by atoms with Gasteiger partial charge in [-0.1, -0.05) is 6.07 Å². The molecule has 3 rings (SSSR count). The molecule has 1 aliphatic rings. The number of anilines is 1. The van der Waals surface area contributed by atoms with E-state index in [1.54, 1.807) is 17.5 Å². The van der Waals surface area contributed by atoms with Crippen LogP contribution >= 0.6 is 11.3 Å². The molecule has 0 spiro atoms. The minimum absolute atomic E-state index is 0.125. The molecule has 6 nitrogen and oxygen atoms in total. The number of hydrogen-bond donors (Lipinski definition) is 1. The second-order valence-electron chi connectivity index (χ2n) is 4.34. The van der Waals surface area contributed by atoms with Gasteiger partial charge in [0.05, 0.1) is 15.4 Å². The number of nitrogens with one attached hydrogen (secondary N) is 1. The summed E-state index contributed by atoms with van der Waals surface area (Å²) in [5.41, 5.74) is 0.863. The molecule has 0 aliphatic carbocycles. The van der Waals surface area contributed by atoms with Crippen molar-refractivity contribution in [3.63, 3.8) is 0 Å². The van der Waals surface area contributed by atoms with Gasteiger partial charge in [0.2, 0.25) is 0 Å². The average Bonchev–Trinajstić information content (AvgIpc) is 3.07. The van der Waals surface area contributed by atoms with Gasteiger partial charge in [-0.2, -0.15) is 0 Å². The summed E-state index contributed by atoms with van der Waals surface area (Å²) in [7, 11) is 0. The minimum Gasteiger partial charge on any atom is -0.321 e. The lowest BCUT2D eigenvalue weighted by atomic mass is 10.0. The molecule has 2 heterocycles. The van der Waals surface area contributed by atoms with Gasteiger partial charge in [-0.25, -0.2) is 0 Å². The summed E-state index contributed by atoms with van der Waals surface area (Å²) >= 11 is 1.27. The number of allylic oxidation sites excluding steroid dienone is 1. The Bertz CT molecular complexity index is 793. The highest BCUT2D eigenvalue weighted by atomic mass is 32.1. The Morgan fingerprint density at radius 2 is 2.14 bits per heavy atom. The van der Waals surface area contributed by atoms with Crippen LogP contribution in [-0.2, 0) is 4.79 Å². The SMILES string of the molecule is O=C1Nc2ccc([N+](=O)[O-])cc2/C1=C/C(=O)c1cccs1. The summed E-state index contributed by atoms with van der Waals surface area (Å²) in [5, 5.41) is 15.2. The lowest BCUT2D eigenvalue weighted by Gasteiger charge is -1.98. The number of nitrogens with zero attached hydrogens (tertiary/aromatic N) is 1. The van der Waals surface area contributed by atoms with E-state index in [9.17, 15) is 19.7 Å². The summed E-state index contributed by atoms with van der Waals surface area (Å²) in [4.78, 5) is 34.8. The van der Waals surface area contributed by atoms with Gasteiger partial charge < -0.3 is 5.32 Å². The minimum atomic E-state index is -0.540. The highest BCUT2D eigenvalue weighted by Gasteiger charge is 2.27. The van der Waals surface area contributed by atoms with E-state index in [2.05, 4.69) is 5.32 Å². The molecular weight excluding hydrogens is 292 g/mol. The molecule has 2 aromatic rings. The zero-order chi connectivity index (χ0) is 15.0. The standard InChI is InChI=1S/C14H8N2O4S/c17-12(13-2-1-5-21-13)7-10-9-6-8(16(19)20)3-4-11(9)15-14(10)18/h1-7H,(H,15,18)/b10-7-. The first kappa shape index (κ1) is 13.2. The predicted molar refractivity (Wildman–Crippen MR) is 78.4 cm³/mol. The first-order chi connectivity index (χ1) is 10.1. The van der Waals surface area contributed by atoms with Crippen LogP contribution in [0.3, 0.4) is 0 Å². The molecule has 104 valence electrons. The first-order valence-corrected chi connectivity index (χ1v) is 6.84. The van der Waals surface area contributed by atoms with Crippen molar-refractivity contribution in [2.24, 2.45) is 0 Å². The van der Waals surface area contributed by atoms with Crippen LogP contribution in [0.4, 0.5) is 11.4 Å². The number of ketones is 1. The number of non-ortho nitro benzene ring substituents is 1. The Balaban J connectivity index is 2.05. The van der Waals surface area contributed by atoms with Gasteiger partial charge in [-0.05, 0) is 17.5 Å². The van der Waals surface area contributed by atoms with Crippen molar-refractivity contribution in [1.29, 1.82) is 0 Å². The Hall–Kier alpha value is -2.80. The topological polar surface area (TPSA) is 89.3 Å². The molecule has 0 saturated heterocycles. The number of benzene rings is 1. The van der Waals surface area contributed by atoms with Crippen molar-refractivity contribution in [3.8, 4) is 0 Å². The van der Waals surface area contributed by atoms with Crippen molar-refractivity contribution < 1.29 is 14.5 Å². The van der Waals surface area contributed by atoms with Crippen molar-refractivity contribution in [3.05, 3.63) is 62.3 Å². The zero-order valence-electron chi connectivity index (χ0n) is 10.5. The smallest absolute Gasteiger partial charge is 0.270 e. The lowest BCUT2D eigenvalue weighted by molar-refractivity contribution is -0.384. The molecule has 0 unspecified atom stereocenters. The Labute approximate surface area is 122 Å². The van der Waals surface area contributed by atoms with Gasteiger partial charge in [0.25, 0.3) is 11.6 Å². The molecule has 0 atom stereocenters. The van der Waals surface area contributed by atoms with Gasteiger partial charge >= 0.3 is 0 Å². The van der Waals surface area contributed by atoms with Crippen molar-refractivity contribution >= 4 is 40.0 Å². The van der Waals surface area contributed by atoms with Crippen LogP contribution in [0.2, 0.25) is 0 Å². The van der Waals surface area contributed by atoms with Crippen LogP contribution in [0.15, 0.2) is 41.8 Å². The third-order valence-corrected chi connectivity index (χ3v) is 3.92. The van der Waals surface area contributed by atoms with E-state index >= 15 is 0 Å². The fourth-order valence-electron chi connectivity index (χ4n) is 2.05. The third-order valence-electron chi connectivity index (χ3n) is 3.04. The molecule has 1 N–H and O–H groups in total. The van der Waals surface area contributed by atoms with Gasteiger partial charge in [-0.3, -0.25) is 19.7 Å². The molecule has 1 amide bonds. The highest BCUT2D eigenvalue weighted by molar-refractivity contribution is 7.12. The van der Waals surface area contributed by atoms with Gasteiger partial charge in [0.15, 0.2) is 5.78 Å². The van der Waals surface area contributed by atoms with E-state index in [4.69, 9.17) is 0 Å². The van der Waals surface area contributed by atoms with Gasteiger partial charge in [0.1, 0.15) is 0 Å². The number of thiophene rings is 1. The summed E-state index contributed by atoms with van der Waals surface area (Å²) in [6.45, 7) is 0. The molecular formula is C14H8N2O4S. The van der Waals surface area contributed by atoms with E-state index < -0.39 is 10.8 Å². The number of rotatable bonds is 3. The van der Waals surface area contributed by atoms with E-state index in [-0.39, 0.29) is 17.0 Å². The van der Waals surface area contributed by atoms with Crippen molar-refractivity contribution in [1.82, 2.24) is 0 Å². The molecule has 0 radical (unpaired) electrons. The monoisotopic (exact) mass is 300 g/mol. The Morgan fingerprint density at radius 1 is 1.33 bits per heavy atom. The zero-order valence-corrected chi connectivity index (χ0v) is 11.3. The van der Waals surface area contributed by atoms with Crippen LogP contribution < -0.4 is 5.32 Å². The summed E-state index contributed by atoms with van der Waals surface area (Å²) < 4.78 is 0. The van der Waals surface area contributed by atoms with Crippen LogP contribution in [0.5, 0.6) is 0 Å². The molecule has 0 fully saturated rings. The number of carbonyl (C=O) groups is 2. The molecule has 1 aromatic carbocycles. The molecule has 1 aliphatic heterocycles.